The summed E-state index contributed by atoms with van der Waals surface area (Å²) < 4.78 is 4.82. The highest BCUT2D eigenvalue weighted by Crippen LogP contribution is 2.11. The number of esters is 1. The zero-order valence-electron chi connectivity index (χ0n) is 12.9. The van der Waals surface area contributed by atoms with Crippen LogP contribution in [-0.4, -0.2) is 36.5 Å². The molecule has 116 valence electrons. The molecule has 1 fully saturated rings. The molecular weight excluding hydrogens is 254 g/mol. The van der Waals surface area contributed by atoms with Gasteiger partial charge < -0.3 is 9.64 Å². The van der Waals surface area contributed by atoms with Gasteiger partial charge >= 0.3 is 5.97 Å². The number of hydrogen-bond donors (Lipinski definition) is 0. The largest absolute Gasteiger partial charge is 0.462 e. The van der Waals surface area contributed by atoms with Crippen LogP contribution < -0.4 is 0 Å². The van der Waals surface area contributed by atoms with Crippen LogP contribution >= 0.6 is 0 Å². The van der Waals surface area contributed by atoms with Crippen LogP contribution in [0.3, 0.4) is 0 Å². The van der Waals surface area contributed by atoms with E-state index in [4.69, 9.17) is 4.74 Å². The molecule has 1 rings (SSSR count). The molecule has 0 aromatic heterocycles. The summed E-state index contributed by atoms with van der Waals surface area (Å²) in [5, 5.41) is 0. The standard InChI is InChI=1S/C16H29NO3/c1-2-3-4-5-6-7-8-9-10-11-15(18)17-12-13-20-16(19)14-17/h2-14H2,1H3. The first-order valence-corrected chi connectivity index (χ1v) is 8.17. The topological polar surface area (TPSA) is 46.6 Å². The van der Waals surface area contributed by atoms with Crippen molar-refractivity contribution in [3.8, 4) is 0 Å². The van der Waals surface area contributed by atoms with Crippen molar-refractivity contribution < 1.29 is 14.3 Å². The van der Waals surface area contributed by atoms with Crippen LogP contribution in [0.5, 0.6) is 0 Å². The second-order valence-corrected chi connectivity index (χ2v) is 5.61. The molecule has 0 spiro atoms. The third-order valence-corrected chi connectivity index (χ3v) is 3.79. The second-order valence-electron chi connectivity index (χ2n) is 5.61. The van der Waals surface area contributed by atoms with Gasteiger partial charge in [-0.2, -0.15) is 0 Å². The van der Waals surface area contributed by atoms with E-state index in [1.165, 1.54) is 44.9 Å². The number of unbranched alkanes of at least 4 members (excludes halogenated alkanes) is 8. The normalized spacial score (nSPS) is 15.2. The Hall–Kier alpha value is -1.06. The van der Waals surface area contributed by atoms with Crippen LogP contribution in [0.15, 0.2) is 0 Å². The van der Waals surface area contributed by atoms with E-state index in [9.17, 15) is 9.59 Å². The summed E-state index contributed by atoms with van der Waals surface area (Å²) in [6.07, 6.45) is 11.8. The number of ether oxygens (including phenoxy) is 1. The molecule has 0 unspecified atom stereocenters. The first kappa shape index (κ1) is 17.0. The lowest BCUT2D eigenvalue weighted by Crippen LogP contribution is -2.43. The SMILES string of the molecule is CCCCCCCCCCCC(=O)N1CCOC(=O)C1. The number of morpholine rings is 1. The minimum absolute atomic E-state index is 0.101. The van der Waals surface area contributed by atoms with Gasteiger partial charge in [0.15, 0.2) is 0 Å². The molecule has 4 nitrogen and oxygen atoms in total. The number of carbonyl (C=O) groups is 2. The highest BCUT2D eigenvalue weighted by atomic mass is 16.5. The molecule has 4 heteroatoms. The predicted octanol–water partition coefficient (Wildman–Crippen LogP) is 3.29. The summed E-state index contributed by atoms with van der Waals surface area (Å²) >= 11 is 0. The van der Waals surface area contributed by atoms with Gasteiger partial charge in [0.1, 0.15) is 13.2 Å². The molecule has 0 aromatic rings. The number of rotatable bonds is 10. The average Bonchev–Trinajstić information content (AvgIpc) is 2.45. The lowest BCUT2D eigenvalue weighted by atomic mass is 10.1. The maximum atomic E-state index is 11.9. The van der Waals surface area contributed by atoms with E-state index < -0.39 is 0 Å². The van der Waals surface area contributed by atoms with Crippen LogP contribution in [0, 0.1) is 0 Å². The van der Waals surface area contributed by atoms with E-state index in [0.29, 0.717) is 19.6 Å². The molecule has 0 saturated carbocycles. The molecule has 1 amide bonds. The third kappa shape index (κ3) is 7.51. The van der Waals surface area contributed by atoms with Crippen LogP contribution in [0.1, 0.15) is 71.1 Å². The van der Waals surface area contributed by atoms with Gasteiger partial charge in [-0.05, 0) is 6.42 Å². The molecule has 0 aliphatic carbocycles. The fourth-order valence-corrected chi connectivity index (χ4v) is 2.51. The van der Waals surface area contributed by atoms with Crippen molar-refractivity contribution in [1.29, 1.82) is 0 Å². The summed E-state index contributed by atoms with van der Waals surface area (Å²) in [6.45, 7) is 3.28. The number of carbonyl (C=O) groups excluding carboxylic acids is 2. The fourth-order valence-electron chi connectivity index (χ4n) is 2.51. The maximum Gasteiger partial charge on any atom is 0.325 e. The predicted molar refractivity (Wildman–Crippen MR) is 79.4 cm³/mol. The zero-order chi connectivity index (χ0) is 14.6. The molecule has 1 aliphatic heterocycles. The summed E-state index contributed by atoms with van der Waals surface area (Å²) in [4.78, 5) is 24.6. The third-order valence-electron chi connectivity index (χ3n) is 3.79. The van der Waals surface area contributed by atoms with Crippen LogP contribution in [-0.2, 0) is 14.3 Å². The summed E-state index contributed by atoms with van der Waals surface area (Å²) in [5.74, 6) is -0.179. The molecule has 0 radical (unpaired) electrons. The van der Waals surface area contributed by atoms with Crippen molar-refractivity contribution >= 4 is 11.9 Å². The Morgan fingerprint density at radius 2 is 1.65 bits per heavy atom. The molecular formula is C16H29NO3. The summed E-state index contributed by atoms with van der Waals surface area (Å²) in [5.41, 5.74) is 0. The molecule has 1 heterocycles. The molecule has 0 aromatic carbocycles. The van der Waals surface area contributed by atoms with Crippen molar-refractivity contribution in [3.05, 3.63) is 0 Å². The Bertz CT molecular complexity index is 291. The molecule has 20 heavy (non-hydrogen) atoms. The van der Waals surface area contributed by atoms with Crippen molar-refractivity contribution in [2.45, 2.75) is 71.1 Å². The van der Waals surface area contributed by atoms with Crippen LogP contribution in [0.4, 0.5) is 0 Å². The minimum Gasteiger partial charge on any atom is -0.462 e. The molecule has 0 N–H and O–H groups in total. The van der Waals surface area contributed by atoms with Gasteiger partial charge in [-0.3, -0.25) is 9.59 Å². The van der Waals surface area contributed by atoms with Gasteiger partial charge in [-0.25, -0.2) is 0 Å². The highest BCUT2D eigenvalue weighted by molar-refractivity contribution is 5.82. The lowest BCUT2D eigenvalue weighted by molar-refractivity contribution is -0.156. The van der Waals surface area contributed by atoms with E-state index in [2.05, 4.69) is 6.92 Å². The van der Waals surface area contributed by atoms with Gasteiger partial charge in [0.25, 0.3) is 0 Å². The monoisotopic (exact) mass is 283 g/mol. The molecule has 0 atom stereocenters. The van der Waals surface area contributed by atoms with Crippen LogP contribution in [0.2, 0.25) is 0 Å². The minimum atomic E-state index is -0.281. The number of amides is 1. The first-order valence-electron chi connectivity index (χ1n) is 8.17. The van der Waals surface area contributed by atoms with Crippen LogP contribution in [0.25, 0.3) is 0 Å². The number of hydrogen-bond acceptors (Lipinski definition) is 3. The smallest absolute Gasteiger partial charge is 0.325 e. The average molecular weight is 283 g/mol. The Balaban J connectivity index is 1.93. The first-order chi connectivity index (χ1) is 9.74. The fraction of sp³-hybridized carbons (Fsp3) is 0.875. The van der Waals surface area contributed by atoms with Crippen molar-refractivity contribution in [1.82, 2.24) is 4.90 Å². The molecule has 1 saturated heterocycles. The quantitative estimate of drug-likeness (QED) is 0.456. The van der Waals surface area contributed by atoms with E-state index in [-0.39, 0.29) is 18.4 Å². The van der Waals surface area contributed by atoms with Gasteiger partial charge in [0.2, 0.25) is 5.91 Å². The van der Waals surface area contributed by atoms with Gasteiger partial charge in [0, 0.05) is 6.42 Å². The van der Waals surface area contributed by atoms with Crippen molar-refractivity contribution in [3.63, 3.8) is 0 Å². The molecule has 1 aliphatic rings. The van der Waals surface area contributed by atoms with E-state index in [0.717, 1.165) is 12.8 Å². The van der Waals surface area contributed by atoms with Crippen molar-refractivity contribution in [2.24, 2.45) is 0 Å². The maximum absolute atomic E-state index is 11.9. The number of cyclic esters (lactones) is 1. The van der Waals surface area contributed by atoms with E-state index >= 15 is 0 Å². The lowest BCUT2D eigenvalue weighted by Gasteiger charge is -2.25. The van der Waals surface area contributed by atoms with E-state index in [1.807, 2.05) is 0 Å². The van der Waals surface area contributed by atoms with Crippen molar-refractivity contribution in [2.75, 3.05) is 19.7 Å². The number of nitrogens with zero attached hydrogens (tertiary/aromatic N) is 1. The van der Waals surface area contributed by atoms with E-state index in [1.54, 1.807) is 4.90 Å². The van der Waals surface area contributed by atoms with Gasteiger partial charge in [-0.15, -0.1) is 0 Å². The Morgan fingerprint density at radius 3 is 2.25 bits per heavy atom. The Kier molecular flexibility index (Phi) is 9.09. The van der Waals surface area contributed by atoms with Gasteiger partial charge in [0.05, 0.1) is 6.54 Å². The molecule has 0 bridgehead atoms. The van der Waals surface area contributed by atoms with Gasteiger partial charge in [-0.1, -0.05) is 58.3 Å². The summed E-state index contributed by atoms with van der Waals surface area (Å²) in [7, 11) is 0. The Morgan fingerprint density at radius 1 is 1.05 bits per heavy atom. The highest BCUT2D eigenvalue weighted by Gasteiger charge is 2.21. The Labute approximate surface area is 122 Å². The zero-order valence-corrected chi connectivity index (χ0v) is 12.9. The second kappa shape index (κ2) is 10.7. The summed E-state index contributed by atoms with van der Waals surface area (Å²) in [6, 6.07) is 0.